The fourth-order valence-electron chi connectivity index (χ4n) is 1.73. The Bertz CT molecular complexity index is 448. The molecule has 1 fully saturated rings. The Kier molecular flexibility index (Phi) is 3.96. The van der Waals surface area contributed by atoms with Crippen LogP contribution in [0.3, 0.4) is 0 Å². The Morgan fingerprint density at radius 1 is 1.65 bits per heavy atom. The van der Waals surface area contributed by atoms with Crippen LogP contribution in [0, 0.1) is 4.77 Å². The van der Waals surface area contributed by atoms with Gasteiger partial charge in [-0.15, -0.1) is 0 Å². The van der Waals surface area contributed by atoms with Gasteiger partial charge < -0.3 is 20.0 Å². The third kappa shape index (κ3) is 3.41. The monoisotopic (exact) mass is 255 g/mol. The summed E-state index contributed by atoms with van der Waals surface area (Å²) in [4.78, 5) is 14.3. The average molecular weight is 255 g/mol. The van der Waals surface area contributed by atoms with E-state index in [-0.39, 0.29) is 12.5 Å². The zero-order valence-corrected chi connectivity index (χ0v) is 10.4. The molecule has 2 rings (SSSR count). The van der Waals surface area contributed by atoms with Crippen LogP contribution in [0.4, 0.5) is 0 Å². The van der Waals surface area contributed by atoms with E-state index < -0.39 is 0 Å². The molecular formula is C11H17N3O2S. The van der Waals surface area contributed by atoms with E-state index in [4.69, 9.17) is 17.3 Å². The molecule has 0 atom stereocenters. The van der Waals surface area contributed by atoms with E-state index in [1.807, 2.05) is 4.57 Å². The molecule has 0 saturated heterocycles. The van der Waals surface area contributed by atoms with Crippen molar-refractivity contribution in [2.75, 3.05) is 0 Å². The van der Waals surface area contributed by atoms with Gasteiger partial charge in [0.1, 0.15) is 0 Å². The molecule has 94 valence electrons. The zero-order chi connectivity index (χ0) is 12.3. The lowest BCUT2D eigenvalue weighted by Crippen LogP contribution is -2.25. The Labute approximate surface area is 105 Å². The molecule has 1 saturated carbocycles. The lowest BCUT2D eigenvalue weighted by atomic mass is 10.3. The number of carbonyl (C=O) groups excluding carboxylic acids is 1. The van der Waals surface area contributed by atoms with Gasteiger partial charge in [0.15, 0.2) is 4.77 Å². The lowest BCUT2D eigenvalue weighted by molar-refractivity contribution is -0.121. The maximum absolute atomic E-state index is 11.5. The molecule has 0 aromatic carbocycles. The fourth-order valence-corrected chi connectivity index (χ4v) is 2.00. The Morgan fingerprint density at radius 2 is 2.41 bits per heavy atom. The minimum atomic E-state index is -0.0403. The van der Waals surface area contributed by atoms with Gasteiger partial charge in [-0.25, -0.2) is 0 Å². The molecule has 1 amide bonds. The Hall–Kier alpha value is -1.14. The first kappa shape index (κ1) is 12.3. The van der Waals surface area contributed by atoms with Gasteiger partial charge in [-0.3, -0.25) is 4.79 Å². The summed E-state index contributed by atoms with van der Waals surface area (Å²) in [6, 6.07) is 0.421. The maximum atomic E-state index is 11.5. The molecule has 1 aliphatic rings. The first-order valence-electron chi connectivity index (χ1n) is 5.88. The van der Waals surface area contributed by atoms with Crippen molar-refractivity contribution < 1.29 is 9.90 Å². The number of aromatic amines is 1. The largest absolute Gasteiger partial charge is 0.390 e. The van der Waals surface area contributed by atoms with E-state index in [9.17, 15) is 4.79 Å². The highest BCUT2D eigenvalue weighted by Gasteiger charge is 2.22. The van der Waals surface area contributed by atoms with Crippen LogP contribution in [-0.4, -0.2) is 26.6 Å². The highest BCUT2D eigenvalue weighted by molar-refractivity contribution is 7.71. The summed E-state index contributed by atoms with van der Waals surface area (Å²) in [5, 5.41) is 12.0. The quantitative estimate of drug-likeness (QED) is 0.667. The van der Waals surface area contributed by atoms with E-state index in [0.29, 0.717) is 23.8 Å². The minimum absolute atomic E-state index is 0.0403. The third-order valence-electron chi connectivity index (χ3n) is 2.84. The molecule has 17 heavy (non-hydrogen) atoms. The summed E-state index contributed by atoms with van der Waals surface area (Å²) in [5.74, 6) is 0.111. The number of aliphatic hydroxyl groups is 1. The van der Waals surface area contributed by atoms with Crippen LogP contribution < -0.4 is 5.32 Å². The van der Waals surface area contributed by atoms with Crippen LogP contribution in [0.25, 0.3) is 0 Å². The molecule has 6 heteroatoms. The number of nitrogens with zero attached hydrogens (tertiary/aromatic N) is 1. The molecular weight excluding hydrogens is 238 g/mol. The fraction of sp³-hybridized carbons (Fsp3) is 0.636. The molecule has 1 aromatic heterocycles. The van der Waals surface area contributed by atoms with Crippen molar-refractivity contribution in [1.29, 1.82) is 0 Å². The van der Waals surface area contributed by atoms with Gasteiger partial charge in [-0.2, -0.15) is 0 Å². The number of rotatable bonds is 6. The third-order valence-corrected chi connectivity index (χ3v) is 3.18. The number of nitrogens with one attached hydrogen (secondary N) is 2. The van der Waals surface area contributed by atoms with E-state index >= 15 is 0 Å². The van der Waals surface area contributed by atoms with Crippen molar-refractivity contribution in [3.63, 3.8) is 0 Å². The molecule has 0 bridgehead atoms. The number of hydrogen-bond acceptors (Lipinski definition) is 3. The van der Waals surface area contributed by atoms with E-state index in [1.54, 1.807) is 6.20 Å². The number of aliphatic hydroxyl groups excluding tert-OH is 1. The summed E-state index contributed by atoms with van der Waals surface area (Å²) in [5.41, 5.74) is 0.762. The average Bonchev–Trinajstić information content (AvgIpc) is 3.04. The number of aromatic nitrogens is 2. The predicted octanol–water partition coefficient (Wildman–Crippen LogP) is 1.10. The zero-order valence-electron chi connectivity index (χ0n) is 9.61. The van der Waals surface area contributed by atoms with Crippen molar-refractivity contribution in [2.24, 2.45) is 0 Å². The molecule has 1 aromatic rings. The summed E-state index contributed by atoms with van der Waals surface area (Å²) < 4.78 is 2.43. The lowest BCUT2D eigenvalue weighted by Gasteiger charge is -2.06. The Balaban J connectivity index is 1.78. The standard InChI is InChI=1S/C11H17N3O2S/c15-7-9-6-12-11(17)14(9)5-1-2-10(16)13-8-3-4-8/h6,8,15H,1-5,7H2,(H,12,17)(H,13,16). The minimum Gasteiger partial charge on any atom is -0.390 e. The van der Waals surface area contributed by atoms with Crippen molar-refractivity contribution in [3.05, 3.63) is 16.7 Å². The van der Waals surface area contributed by atoms with Crippen LogP contribution in [0.5, 0.6) is 0 Å². The first-order chi connectivity index (χ1) is 8.20. The van der Waals surface area contributed by atoms with Crippen LogP contribution in [-0.2, 0) is 17.9 Å². The number of imidazole rings is 1. The van der Waals surface area contributed by atoms with Gasteiger partial charge in [0, 0.05) is 25.2 Å². The molecule has 0 unspecified atom stereocenters. The van der Waals surface area contributed by atoms with Crippen molar-refractivity contribution in [2.45, 2.75) is 44.9 Å². The second-order valence-electron chi connectivity index (χ2n) is 4.34. The van der Waals surface area contributed by atoms with E-state index in [2.05, 4.69) is 10.3 Å². The van der Waals surface area contributed by atoms with Crippen LogP contribution in [0.1, 0.15) is 31.4 Å². The summed E-state index contributed by atoms with van der Waals surface area (Å²) in [6.07, 6.45) is 5.17. The van der Waals surface area contributed by atoms with Crippen LogP contribution in [0.2, 0.25) is 0 Å². The topological polar surface area (TPSA) is 70.0 Å². The van der Waals surface area contributed by atoms with Gasteiger partial charge in [-0.05, 0) is 31.5 Å². The van der Waals surface area contributed by atoms with Gasteiger partial charge >= 0.3 is 0 Å². The van der Waals surface area contributed by atoms with Gasteiger partial charge in [0.25, 0.3) is 0 Å². The second kappa shape index (κ2) is 5.46. The van der Waals surface area contributed by atoms with Gasteiger partial charge in [0.2, 0.25) is 5.91 Å². The predicted molar refractivity (Wildman–Crippen MR) is 65.9 cm³/mol. The van der Waals surface area contributed by atoms with Crippen molar-refractivity contribution >= 4 is 18.1 Å². The van der Waals surface area contributed by atoms with Crippen molar-refractivity contribution in [3.8, 4) is 0 Å². The molecule has 0 aliphatic heterocycles. The Morgan fingerprint density at radius 3 is 3.06 bits per heavy atom. The van der Waals surface area contributed by atoms with E-state index in [0.717, 1.165) is 25.0 Å². The number of hydrogen-bond donors (Lipinski definition) is 3. The number of carbonyl (C=O) groups is 1. The molecule has 0 radical (unpaired) electrons. The number of H-pyrrole nitrogens is 1. The van der Waals surface area contributed by atoms with Gasteiger partial charge in [-0.1, -0.05) is 0 Å². The normalized spacial score (nSPS) is 14.9. The number of amides is 1. The van der Waals surface area contributed by atoms with Crippen LogP contribution >= 0.6 is 12.2 Å². The van der Waals surface area contributed by atoms with E-state index in [1.165, 1.54) is 0 Å². The molecule has 3 N–H and O–H groups in total. The molecule has 1 heterocycles. The molecule has 5 nitrogen and oxygen atoms in total. The highest BCUT2D eigenvalue weighted by Crippen LogP contribution is 2.18. The van der Waals surface area contributed by atoms with Crippen molar-refractivity contribution in [1.82, 2.24) is 14.9 Å². The first-order valence-corrected chi connectivity index (χ1v) is 6.29. The smallest absolute Gasteiger partial charge is 0.220 e. The second-order valence-corrected chi connectivity index (χ2v) is 4.73. The molecule has 0 spiro atoms. The van der Waals surface area contributed by atoms with Crippen LogP contribution in [0.15, 0.2) is 6.20 Å². The summed E-state index contributed by atoms with van der Waals surface area (Å²) >= 11 is 5.09. The van der Waals surface area contributed by atoms with Gasteiger partial charge in [0.05, 0.1) is 12.3 Å². The maximum Gasteiger partial charge on any atom is 0.220 e. The SMILES string of the molecule is O=C(CCCn1c(CO)c[nH]c1=S)NC1CC1. The summed E-state index contributed by atoms with van der Waals surface area (Å²) in [6.45, 7) is 0.623. The molecule has 1 aliphatic carbocycles. The highest BCUT2D eigenvalue weighted by atomic mass is 32.1. The summed E-state index contributed by atoms with van der Waals surface area (Å²) in [7, 11) is 0.